The van der Waals surface area contributed by atoms with E-state index in [1.165, 1.54) is 29.2 Å². The molecule has 3 aromatic rings. The Labute approximate surface area is 164 Å². The molecule has 0 unspecified atom stereocenters. The molecule has 4 nitrogen and oxygen atoms in total. The number of halogens is 4. The first-order chi connectivity index (χ1) is 12.3. The number of amides is 1. The number of anilines is 1. The van der Waals surface area contributed by atoms with Crippen LogP contribution in [0.15, 0.2) is 36.4 Å². The molecule has 0 radical (unpaired) electrons. The molecule has 1 aromatic heterocycles. The maximum atomic E-state index is 14.0. The molecule has 0 atom stereocenters. The minimum Gasteiger partial charge on any atom is -0.308 e. The van der Waals surface area contributed by atoms with Crippen molar-refractivity contribution in [2.24, 2.45) is 0 Å². The summed E-state index contributed by atoms with van der Waals surface area (Å²) in [5.41, 5.74) is 0.169. The molecule has 0 aliphatic heterocycles. The smallest absolute Gasteiger partial charge is 0.260 e. The average Bonchev–Trinajstić information content (AvgIpc) is 2.98. The fraction of sp³-hybridized carbons (Fsp3) is 0.222. The van der Waals surface area contributed by atoms with Gasteiger partial charge in [0.05, 0.1) is 4.70 Å². The number of nitrogens with zero attached hydrogens (tertiary/aromatic N) is 3. The molecule has 3 rings (SSSR count). The molecule has 9 heteroatoms. The number of benzene rings is 2. The number of aromatic nitrogens is 1. The maximum Gasteiger partial charge on any atom is 0.260 e. The van der Waals surface area contributed by atoms with Crippen LogP contribution in [0, 0.1) is 17.5 Å². The average molecular weight is 416 g/mol. The Kier molecular flexibility index (Phi) is 6.80. The summed E-state index contributed by atoms with van der Waals surface area (Å²) < 4.78 is 41.2. The van der Waals surface area contributed by atoms with E-state index in [0.717, 1.165) is 23.5 Å². The Balaban J connectivity index is 0.00000261. The topological polar surface area (TPSA) is 36.4 Å². The van der Waals surface area contributed by atoms with Gasteiger partial charge in [0.25, 0.3) is 5.91 Å². The van der Waals surface area contributed by atoms with E-state index in [4.69, 9.17) is 0 Å². The summed E-state index contributed by atoms with van der Waals surface area (Å²) in [7, 11) is 3.69. The number of fused-ring (bicyclic) bond motifs is 1. The molecule has 1 heterocycles. The van der Waals surface area contributed by atoms with E-state index in [-0.39, 0.29) is 35.2 Å². The van der Waals surface area contributed by atoms with Crippen molar-refractivity contribution in [2.45, 2.75) is 0 Å². The minimum absolute atomic E-state index is 0. The Bertz CT molecular complexity index is 964. The molecule has 0 aliphatic carbocycles. The van der Waals surface area contributed by atoms with E-state index in [1.54, 1.807) is 0 Å². The number of likely N-dealkylation sites (N-methyl/N-ethyl adjacent to an activating group) is 1. The lowest BCUT2D eigenvalue weighted by atomic mass is 10.2. The predicted octanol–water partition coefficient (Wildman–Crippen LogP) is 4.34. The van der Waals surface area contributed by atoms with Crippen molar-refractivity contribution < 1.29 is 18.0 Å². The summed E-state index contributed by atoms with van der Waals surface area (Å²) in [6.07, 6.45) is 0. The van der Waals surface area contributed by atoms with Gasteiger partial charge in [-0.05, 0) is 38.4 Å². The van der Waals surface area contributed by atoms with Crippen molar-refractivity contribution in [2.75, 3.05) is 32.1 Å². The third kappa shape index (κ3) is 4.77. The summed E-state index contributed by atoms with van der Waals surface area (Å²) in [4.78, 5) is 20.3. The van der Waals surface area contributed by atoms with Gasteiger partial charge < -0.3 is 4.90 Å². The summed E-state index contributed by atoms with van der Waals surface area (Å²) in [6.45, 7) is 0.792. The van der Waals surface area contributed by atoms with Crippen LogP contribution in [0.4, 0.5) is 18.3 Å². The van der Waals surface area contributed by atoms with Crippen LogP contribution in [0.25, 0.3) is 10.2 Å². The molecule has 144 valence electrons. The van der Waals surface area contributed by atoms with E-state index >= 15 is 0 Å². The van der Waals surface area contributed by atoms with Crippen LogP contribution in [-0.2, 0) is 0 Å². The van der Waals surface area contributed by atoms with Gasteiger partial charge >= 0.3 is 0 Å². The predicted molar refractivity (Wildman–Crippen MR) is 103 cm³/mol. The van der Waals surface area contributed by atoms with Crippen molar-refractivity contribution in [3.05, 3.63) is 59.4 Å². The van der Waals surface area contributed by atoms with Gasteiger partial charge in [0.15, 0.2) is 10.9 Å². The van der Waals surface area contributed by atoms with Crippen molar-refractivity contribution in [3.63, 3.8) is 0 Å². The molecule has 0 saturated carbocycles. The fourth-order valence-electron chi connectivity index (χ4n) is 2.42. The third-order valence-electron chi connectivity index (χ3n) is 3.72. The zero-order valence-electron chi connectivity index (χ0n) is 14.6. The van der Waals surface area contributed by atoms with Crippen molar-refractivity contribution in [1.82, 2.24) is 9.88 Å². The molecule has 0 N–H and O–H groups in total. The molecule has 0 spiro atoms. The van der Waals surface area contributed by atoms with Crippen LogP contribution in [0.5, 0.6) is 0 Å². The van der Waals surface area contributed by atoms with Crippen LogP contribution >= 0.6 is 23.7 Å². The second kappa shape index (κ2) is 8.69. The maximum absolute atomic E-state index is 14.0. The van der Waals surface area contributed by atoms with Gasteiger partial charge in [0.2, 0.25) is 0 Å². The van der Waals surface area contributed by atoms with E-state index in [2.05, 4.69) is 4.98 Å². The lowest BCUT2D eigenvalue weighted by Crippen LogP contribution is -2.36. The minimum atomic E-state index is -0.784. The summed E-state index contributed by atoms with van der Waals surface area (Å²) in [6, 6.07) is 7.26. The molecular weight excluding hydrogens is 399 g/mol. The van der Waals surface area contributed by atoms with E-state index in [0.29, 0.717) is 11.2 Å². The van der Waals surface area contributed by atoms with Crippen LogP contribution < -0.4 is 4.90 Å². The van der Waals surface area contributed by atoms with Gasteiger partial charge in [-0.25, -0.2) is 18.2 Å². The van der Waals surface area contributed by atoms with E-state index in [1.807, 2.05) is 19.0 Å². The molecule has 2 aromatic carbocycles. The lowest BCUT2D eigenvalue weighted by molar-refractivity contribution is 0.0984. The van der Waals surface area contributed by atoms with Crippen molar-refractivity contribution in [1.29, 1.82) is 0 Å². The summed E-state index contributed by atoms with van der Waals surface area (Å²) in [5, 5.41) is 0.237. The standard InChI is InChI=1S/C18H16F3N3OS.ClH/c1-23(2)6-7-24(17(25)11-4-3-5-12(19)8-11)18-22-16-14(21)9-13(20)10-15(16)26-18;/h3-5,8-10H,6-7H2,1-2H3;1H. The van der Waals surface area contributed by atoms with Crippen LogP contribution in [0.3, 0.4) is 0 Å². The molecular formula is C18H17ClF3N3OS. The van der Waals surface area contributed by atoms with Crippen molar-refractivity contribution >= 4 is 45.0 Å². The Hall–Kier alpha value is -2.16. The third-order valence-corrected chi connectivity index (χ3v) is 4.75. The Morgan fingerprint density at radius 1 is 1.07 bits per heavy atom. The quantitative estimate of drug-likeness (QED) is 0.621. The SMILES string of the molecule is CN(C)CCN(C(=O)c1cccc(F)c1)c1nc2c(F)cc(F)cc2s1.Cl. The monoisotopic (exact) mass is 415 g/mol. The highest BCUT2D eigenvalue weighted by Gasteiger charge is 2.23. The second-order valence-corrected chi connectivity index (χ2v) is 7.01. The first kappa shape index (κ1) is 21.1. The molecule has 0 fully saturated rings. The molecule has 0 saturated heterocycles. The number of thiazole rings is 1. The molecule has 0 aliphatic rings. The van der Waals surface area contributed by atoms with Gasteiger partial charge in [-0.1, -0.05) is 17.4 Å². The first-order valence-electron chi connectivity index (χ1n) is 7.83. The van der Waals surface area contributed by atoms with Gasteiger partial charge in [0.1, 0.15) is 17.2 Å². The molecule has 27 heavy (non-hydrogen) atoms. The highest BCUT2D eigenvalue weighted by Crippen LogP contribution is 2.32. The fourth-order valence-corrected chi connectivity index (χ4v) is 3.45. The number of rotatable bonds is 5. The zero-order chi connectivity index (χ0) is 18.8. The number of hydrogen-bond acceptors (Lipinski definition) is 4. The highest BCUT2D eigenvalue weighted by molar-refractivity contribution is 7.22. The van der Waals surface area contributed by atoms with Gasteiger partial charge in [-0.15, -0.1) is 12.4 Å². The number of carbonyl (C=O) groups excluding carboxylic acids is 1. The highest BCUT2D eigenvalue weighted by atomic mass is 35.5. The van der Waals surface area contributed by atoms with E-state index < -0.39 is 23.4 Å². The van der Waals surface area contributed by atoms with Crippen LogP contribution in [-0.4, -0.2) is 43.0 Å². The molecule has 0 bridgehead atoms. The van der Waals surface area contributed by atoms with Gasteiger partial charge in [-0.2, -0.15) is 0 Å². The number of hydrogen-bond donors (Lipinski definition) is 0. The lowest BCUT2D eigenvalue weighted by Gasteiger charge is -2.22. The van der Waals surface area contributed by atoms with Crippen LogP contribution in [0.2, 0.25) is 0 Å². The molecule has 1 amide bonds. The first-order valence-corrected chi connectivity index (χ1v) is 8.64. The van der Waals surface area contributed by atoms with Gasteiger partial charge in [0, 0.05) is 24.7 Å². The normalized spacial score (nSPS) is 10.9. The number of carbonyl (C=O) groups is 1. The largest absolute Gasteiger partial charge is 0.308 e. The summed E-state index contributed by atoms with van der Waals surface area (Å²) in [5.74, 6) is -2.47. The zero-order valence-corrected chi connectivity index (χ0v) is 16.2. The van der Waals surface area contributed by atoms with E-state index in [9.17, 15) is 18.0 Å². The van der Waals surface area contributed by atoms with Crippen LogP contribution in [0.1, 0.15) is 10.4 Å². The van der Waals surface area contributed by atoms with Crippen molar-refractivity contribution in [3.8, 4) is 0 Å². The Morgan fingerprint density at radius 3 is 2.48 bits per heavy atom. The Morgan fingerprint density at radius 2 is 1.81 bits per heavy atom. The van der Waals surface area contributed by atoms with Gasteiger partial charge in [-0.3, -0.25) is 9.69 Å². The second-order valence-electron chi connectivity index (χ2n) is 6.00. The summed E-state index contributed by atoms with van der Waals surface area (Å²) >= 11 is 1.01.